The van der Waals surface area contributed by atoms with Crippen molar-refractivity contribution in [3.8, 4) is 0 Å². The number of para-hydroxylation sites is 1. The Labute approximate surface area is 156 Å². The zero-order valence-electron chi connectivity index (χ0n) is 14.6. The van der Waals surface area contributed by atoms with Gasteiger partial charge in [-0.05, 0) is 30.3 Å². The van der Waals surface area contributed by atoms with Crippen LogP contribution in [0.1, 0.15) is 0 Å². The second kappa shape index (κ2) is 7.96. The highest BCUT2D eigenvalue weighted by Gasteiger charge is 2.17. The largest absolute Gasteiger partial charge is 0.378 e. The number of hydrogen-bond acceptors (Lipinski definition) is 7. The smallest absolute Gasteiger partial charge is 0.233 e. The van der Waals surface area contributed by atoms with Crippen molar-refractivity contribution >= 4 is 29.2 Å². The quantitative estimate of drug-likeness (QED) is 0.717. The highest BCUT2D eigenvalue weighted by atomic mass is 19.1. The van der Waals surface area contributed by atoms with E-state index < -0.39 is 0 Å². The Morgan fingerprint density at radius 2 is 1.48 bits per heavy atom. The van der Waals surface area contributed by atoms with Crippen LogP contribution >= 0.6 is 0 Å². The van der Waals surface area contributed by atoms with Gasteiger partial charge in [-0.3, -0.25) is 0 Å². The number of anilines is 5. The lowest BCUT2D eigenvalue weighted by atomic mass is 10.3. The molecule has 0 radical (unpaired) electrons. The van der Waals surface area contributed by atoms with Crippen LogP contribution in [0.5, 0.6) is 0 Å². The molecule has 3 aromatic rings. The summed E-state index contributed by atoms with van der Waals surface area (Å²) in [6, 6.07) is 15.8. The fourth-order valence-corrected chi connectivity index (χ4v) is 2.73. The molecule has 2 aromatic carbocycles. The number of rotatable bonds is 5. The third-order valence-electron chi connectivity index (χ3n) is 4.03. The van der Waals surface area contributed by atoms with E-state index in [4.69, 9.17) is 4.74 Å². The Morgan fingerprint density at radius 1 is 0.815 bits per heavy atom. The molecule has 2 heterocycles. The predicted molar refractivity (Wildman–Crippen MR) is 102 cm³/mol. The molecular formula is C19H19FN6O. The summed E-state index contributed by atoms with van der Waals surface area (Å²) in [4.78, 5) is 15.5. The van der Waals surface area contributed by atoms with Crippen molar-refractivity contribution < 1.29 is 9.13 Å². The van der Waals surface area contributed by atoms with Gasteiger partial charge in [-0.1, -0.05) is 24.3 Å². The molecule has 0 spiro atoms. The Balaban J connectivity index is 1.65. The summed E-state index contributed by atoms with van der Waals surface area (Å²) in [6.45, 7) is 2.65. The van der Waals surface area contributed by atoms with E-state index in [1.807, 2.05) is 35.2 Å². The van der Waals surface area contributed by atoms with E-state index in [2.05, 4.69) is 25.6 Å². The fraction of sp³-hybridized carbons (Fsp3) is 0.211. The van der Waals surface area contributed by atoms with E-state index in [1.54, 1.807) is 12.1 Å². The number of nitrogens with one attached hydrogen (secondary N) is 2. The van der Waals surface area contributed by atoms with Crippen molar-refractivity contribution in [2.75, 3.05) is 41.8 Å². The molecule has 27 heavy (non-hydrogen) atoms. The molecule has 8 heteroatoms. The molecule has 1 aliphatic heterocycles. The van der Waals surface area contributed by atoms with Gasteiger partial charge in [0.1, 0.15) is 5.82 Å². The standard InChI is InChI=1S/C19H19FN6O/c20-14-5-4-8-16(13-14)22-18-23-17(21-15-6-2-1-3-7-15)24-19(25-18)26-9-11-27-12-10-26/h1-8,13H,9-12H2,(H2,21,22,23,24,25). The van der Waals surface area contributed by atoms with Gasteiger partial charge in [0.05, 0.1) is 13.2 Å². The molecule has 1 aliphatic rings. The Kier molecular flexibility index (Phi) is 5.06. The zero-order chi connectivity index (χ0) is 18.5. The van der Waals surface area contributed by atoms with E-state index in [-0.39, 0.29) is 5.82 Å². The van der Waals surface area contributed by atoms with Gasteiger partial charge in [-0.25, -0.2) is 4.39 Å². The molecule has 0 amide bonds. The maximum Gasteiger partial charge on any atom is 0.233 e. The minimum absolute atomic E-state index is 0.329. The van der Waals surface area contributed by atoms with Crippen molar-refractivity contribution in [2.24, 2.45) is 0 Å². The molecule has 1 aromatic heterocycles. The molecule has 1 saturated heterocycles. The first-order valence-corrected chi connectivity index (χ1v) is 8.70. The van der Waals surface area contributed by atoms with Crippen molar-refractivity contribution in [1.82, 2.24) is 15.0 Å². The van der Waals surface area contributed by atoms with E-state index in [0.717, 1.165) is 5.69 Å². The van der Waals surface area contributed by atoms with Gasteiger partial charge in [0.2, 0.25) is 17.8 Å². The summed E-state index contributed by atoms with van der Waals surface area (Å²) in [5.74, 6) is 0.975. The van der Waals surface area contributed by atoms with E-state index in [0.29, 0.717) is 49.8 Å². The summed E-state index contributed by atoms with van der Waals surface area (Å²) in [5, 5.41) is 6.24. The van der Waals surface area contributed by atoms with Crippen LogP contribution in [-0.2, 0) is 4.74 Å². The van der Waals surface area contributed by atoms with Crippen LogP contribution in [-0.4, -0.2) is 41.3 Å². The first kappa shape index (κ1) is 17.2. The maximum absolute atomic E-state index is 13.5. The Morgan fingerprint density at radius 3 is 2.19 bits per heavy atom. The van der Waals surface area contributed by atoms with Gasteiger partial charge >= 0.3 is 0 Å². The molecule has 0 aliphatic carbocycles. The van der Waals surface area contributed by atoms with Crippen LogP contribution in [0.15, 0.2) is 54.6 Å². The van der Waals surface area contributed by atoms with Crippen molar-refractivity contribution in [3.63, 3.8) is 0 Å². The number of aromatic nitrogens is 3. The van der Waals surface area contributed by atoms with E-state index in [1.165, 1.54) is 12.1 Å². The minimum atomic E-state index is -0.329. The number of nitrogens with zero attached hydrogens (tertiary/aromatic N) is 4. The normalized spacial score (nSPS) is 14.0. The Hall–Kier alpha value is -3.26. The van der Waals surface area contributed by atoms with Gasteiger partial charge in [0.25, 0.3) is 0 Å². The second-order valence-electron chi connectivity index (χ2n) is 6.01. The highest BCUT2D eigenvalue weighted by Crippen LogP contribution is 2.21. The molecule has 7 nitrogen and oxygen atoms in total. The fourth-order valence-electron chi connectivity index (χ4n) is 2.73. The predicted octanol–water partition coefficient (Wildman–Crippen LogP) is 3.33. The molecule has 4 rings (SSSR count). The molecule has 0 unspecified atom stereocenters. The topological polar surface area (TPSA) is 75.2 Å². The second-order valence-corrected chi connectivity index (χ2v) is 6.01. The lowest BCUT2D eigenvalue weighted by molar-refractivity contribution is 0.122. The molecule has 138 valence electrons. The summed E-state index contributed by atoms with van der Waals surface area (Å²) in [6.07, 6.45) is 0. The molecule has 0 bridgehead atoms. The van der Waals surface area contributed by atoms with Crippen molar-refractivity contribution in [1.29, 1.82) is 0 Å². The maximum atomic E-state index is 13.5. The molecule has 0 atom stereocenters. The average molecular weight is 366 g/mol. The van der Waals surface area contributed by atoms with Gasteiger partial charge in [-0.2, -0.15) is 15.0 Å². The van der Waals surface area contributed by atoms with Crippen LogP contribution in [0.2, 0.25) is 0 Å². The first-order chi connectivity index (χ1) is 13.3. The number of morpholine rings is 1. The monoisotopic (exact) mass is 366 g/mol. The molecule has 0 saturated carbocycles. The highest BCUT2D eigenvalue weighted by molar-refractivity contribution is 5.59. The van der Waals surface area contributed by atoms with E-state index >= 15 is 0 Å². The van der Waals surface area contributed by atoms with E-state index in [9.17, 15) is 4.39 Å². The third kappa shape index (κ3) is 4.48. The van der Waals surface area contributed by atoms with Gasteiger partial charge < -0.3 is 20.3 Å². The lowest BCUT2D eigenvalue weighted by Gasteiger charge is -2.27. The average Bonchev–Trinajstić information content (AvgIpc) is 2.69. The van der Waals surface area contributed by atoms with Crippen molar-refractivity contribution in [2.45, 2.75) is 0 Å². The number of halogens is 1. The first-order valence-electron chi connectivity index (χ1n) is 8.70. The number of benzene rings is 2. The summed E-state index contributed by atoms with van der Waals surface area (Å²) in [7, 11) is 0. The number of ether oxygens (including phenoxy) is 1. The summed E-state index contributed by atoms with van der Waals surface area (Å²) < 4.78 is 18.9. The summed E-state index contributed by atoms with van der Waals surface area (Å²) in [5.41, 5.74) is 1.44. The van der Waals surface area contributed by atoms with Crippen LogP contribution in [0, 0.1) is 5.82 Å². The molecular weight excluding hydrogens is 347 g/mol. The molecule has 1 fully saturated rings. The van der Waals surface area contributed by atoms with Crippen LogP contribution in [0.25, 0.3) is 0 Å². The minimum Gasteiger partial charge on any atom is -0.378 e. The summed E-state index contributed by atoms with van der Waals surface area (Å²) >= 11 is 0. The van der Waals surface area contributed by atoms with Gasteiger partial charge in [0, 0.05) is 24.5 Å². The number of hydrogen-bond donors (Lipinski definition) is 2. The third-order valence-corrected chi connectivity index (χ3v) is 4.03. The van der Waals surface area contributed by atoms with Crippen molar-refractivity contribution in [3.05, 3.63) is 60.4 Å². The molecule has 2 N–H and O–H groups in total. The van der Waals surface area contributed by atoms with Crippen LogP contribution < -0.4 is 15.5 Å². The SMILES string of the molecule is Fc1cccc(Nc2nc(Nc3ccccc3)nc(N3CCOCC3)n2)c1. The lowest BCUT2D eigenvalue weighted by Crippen LogP contribution is -2.37. The van der Waals surface area contributed by atoms with Crippen LogP contribution in [0.4, 0.5) is 33.6 Å². The van der Waals surface area contributed by atoms with Crippen LogP contribution in [0.3, 0.4) is 0 Å². The Bertz CT molecular complexity index is 902. The van der Waals surface area contributed by atoms with Gasteiger partial charge in [0.15, 0.2) is 0 Å². The zero-order valence-corrected chi connectivity index (χ0v) is 14.6. The van der Waals surface area contributed by atoms with Gasteiger partial charge in [-0.15, -0.1) is 0 Å².